The van der Waals surface area contributed by atoms with E-state index in [4.69, 9.17) is 4.74 Å². The van der Waals surface area contributed by atoms with Crippen molar-refractivity contribution in [2.45, 2.75) is 26.7 Å². The fourth-order valence-electron chi connectivity index (χ4n) is 2.78. The molecule has 0 bridgehead atoms. The minimum Gasteiger partial charge on any atom is -0.493 e. The molecule has 1 heterocycles. The smallest absolute Gasteiger partial charge is 0.257 e. The van der Waals surface area contributed by atoms with Crippen molar-refractivity contribution in [2.75, 3.05) is 32.8 Å². The second-order valence-corrected chi connectivity index (χ2v) is 5.47. The molecule has 1 aliphatic heterocycles. The van der Waals surface area contributed by atoms with Gasteiger partial charge in [-0.2, -0.15) is 0 Å². The lowest BCUT2D eigenvalue weighted by Crippen LogP contribution is -2.40. The fraction of sp³-hybridized carbons (Fsp3) is 0.588. The van der Waals surface area contributed by atoms with E-state index in [-0.39, 0.29) is 5.91 Å². The number of likely N-dealkylation sites (tertiary alicyclic amines) is 1. The number of amides is 1. The lowest BCUT2D eigenvalue weighted by Gasteiger charge is -2.32. The SMILES string of the molecule is CCNCC1CCN(C(=O)c2ccccc2OCC)CC1. The van der Waals surface area contributed by atoms with Crippen molar-refractivity contribution in [1.82, 2.24) is 10.2 Å². The van der Waals surface area contributed by atoms with Gasteiger partial charge in [0.15, 0.2) is 0 Å². The number of ether oxygens (including phenoxy) is 1. The third kappa shape index (κ3) is 4.21. The van der Waals surface area contributed by atoms with E-state index in [1.54, 1.807) is 0 Å². The predicted octanol–water partition coefficient (Wildman–Crippen LogP) is 2.55. The molecule has 0 unspecified atom stereocenters. The molecule has 0 aliphatic carbocycles. The molecule has 1 N–H and O–H groups in total. The van der Waals surface area contributed by atoms with Crippen LogP contribution in [0.25, 0.3) is 0 Å². The number of para-hydroxylation sites is 1. The van der Waals surface area contributed by atoms with Gasteiger partial charge in [-0.3, -0.25) is 4.79 Å². The third-order valence-electron chi connectivity index (χ3n) is 4.00. The van der Waals surface area contributed by atoms with Crippen molar-refractivity contribution < 1.29 is 9.53 Å². The summed E-state index contributed by atoms with van der Waals surface area (Å²) in [5, 5.41) is 3.40. The van der Waals surface area contributed by atoms with Crippen LogP contribution in [0, 0.1) is 5.92 Å². The van der Waals surface area contributed by atoms with Crippen LogP contribution in [-0.4, -0.2) is 43.6 Å². The highest BCUT2D eigenvalue weighted by Gasteiger charge is 2.25. The number of hydrogen-bond acceptors (Lipinski definition) is 3. The summed E-state index contributed by atoms with van der Waals surface area (Å²) in [6.07, 6.45) is 2.16. The van der Waals surface area contributed by atoms with Gasteiger partial charge < -0.3 is 15.0 Å². The topological polar surface area (TPSA) is 41.6 Å². The Morgan fingerprint density at radius 3 is 2.67 bits per heavy atom. The van der Waals surface area contributed by atoms with Gasteiger partial charge in [0.25, 0.3) is 5.91 Å². The lowest BCUT2D eigenvalue weighted by molar-refractivity contribution is 0.0686. The van der Waals surface area contributed by atoms with Crippen LogP contribution in [0.1, 0.15) is 37.0 Å². The van der Waals surface area contributed by atoms with Crippen LogP contribution in [0.15, 0.2) is 24.3 Å². The summed E-state index contributed by atoms with van der Waals surface area (Å²) >= 11 is 0. The van der Waals surface area contributed by atoms with E-state index in [1.165, 1.54) is 0 Å². The highest BCUT2D eigenvalue weighted by Crippen LogP contribution is 2.23. The first-order valence-electron chi connectivity index (χ1n) is 7.98. The second kappa shape index (κ2) is 8.03. The van der Waals surface area contributed by atoms with Gasteiger partial charge in [-0.15, -0.1) is 0 Å². The van der Waals surface area contributed by atoms with Crippen molar-refractivity contribution >= 4 is 5.91 Å². The van der Waals surface area contributed by atoms with E-state index in [0.717, 1.165) is 39.0 Å². The zero-order valence-corrected chi connectivity index (χ0v) is 13.1. The van der Waals surface area contributed by atoms with E-state index in [2.05, 4.69) is 12.2 Å². The van der Waals surface area contributed by atoms with Crippen LogP contribution < -0.4 is 10.1 Å². The maximum absolute atomic E-state index is 12.6. The van der Waals surface area contributed by atoms with Crippen molar-refractivity contribution in [3.05, 3.63) is 29.8 Å². The van der Waals surface area contributed by atoms with Crippen LogP contribution in [0.4, 0.5) is 0 Å². The quantitative estimate of drug-likeness (QED) is 0.875. The molecule has 4 nitrogen and oxygen atoms in total. The molecule has 0 saturated carbocycles. The van der Waals surface area contributed by atoms with Crippen LogP contribution >= 0.6 is 0 Å². The summed E-state index contributed by atoms with van der Waals surface area (Å²) in [4.78, 5) is 14.6. The van der Waals surface area contributed by atoms with Crippen LogP contribution in [-0.2, 0) is 0 Å². The second-order valence-electron chi connectivity index (χ2n) is 5.47. The molecule has 0 aromatic heterocycles. The predicted molar refractivity (Wildman–Crippen MR) is 84.8 cm³/mol. The number of carbonyl (C=O) groups is 1. The molecule has 1 amide bonds. The Hall–Kier alpha value is -1.55. The molecule has 116 valence electrons. The minimum atomic E-state index is 0.0981. The molecule has 21 heavy (non-hydrogen) atoms. The summed E-state index contributed by atoms with van der Waals surface area (Å²) < 4.78 is 5.57. The molecule has 4 heteroatoms. The molecule has 0 spiro atoms. The Morgan fingerprint density at radius 1 is 1.29 bits per heavy atom. The molecule has 1 fully saturated rings. The molecule has 2 rings (SSSR count). The van der Waals surface area contributed by atoms with Crippen molar-refractivity contribution in [3.63, 3.8) is 0 Å². The molecular formula is C17H26N2O2. The first-order chi connectivity index (χ1) is 10.3. The number of hydrogen-bond donors (Lipinski definition) is 1. The number of rotatable bonds is 6. The minimum absolute atomic E-state index is 0.0981. The number of nitrogens with one attached hydrogen (secondary N) is 1. The van der Waals surface area contributed by atoms with Crippen LogP contribution in [0.5, 0.6) is 5.75 Å². The van der Waals surface area contributed by atoms with Gasteiger partial charge in [0.1, 0.15) is 5.75 Å². The zero-order chi connectivity index (χ0) is 15.1. The molecule has 1 aromatic carbocycles. The van der Waals surface area contributed by atoms with Gasteiger partial charge in [0.2, 0.25) is 0 Å². The van der Waals surface area contributed by atoms with Crippen molar-refractivity contribution in [1.29, 1.82) is 0 Å². The van der Waals surface area contributed by atoms with Gasteiger partial charge in [0, 0.05) is 13.1 Å². The van der Waals surface area contributed by atoms with Crippen molar-refractivity contribution in [3.8, 4) is 5.75 Å². The van der Waals surface area contributed by atoms with E-state index < -0.39 is 0 Å². The van der Waals surface area contributed by atoms with Crippen LogP contribution in [0.3, 0.4) is 0 Å². The molecule has 0 atom stereocenters. The number of carbonyl (C=O) groups excluding carboxylic acids is 1. The molecular weight excluding hydrogens is 264 g/mol. The Labute approximate surface area is 127 Å². The Morgan fingerprint density at radius 2 is 2.00 bits per heavy atom. The first-order valence-corrected chi connectivity index (χ1v) is 7.98. The van der Waals surface area contributed by atoms with E-state index in [9.17, 15) is 4.79 Å². The van der Waals surface area contributed by atoms with E-state index in [0.29, 0.717) is 23.8 Å². The van der Waals surface area contributed by atoms with E-state index >= 15 is 0 Å². The average Bonchev–Trinajstić information content (AvgIpc) is 2.53. The Balaban J connectivity index is 1.96. The van der Waals surface area contributed by atoms with Gasteiger partial charge in [-0.25, -0.2) is 0 Å². The number of piperidine rings is 1. The molecule has 1 aromatic rings. The number of benzene rings is 1. The summed E-state index contributed by atoms with van der Waals surface area (Å²) in [7, 11) is 0. The van der Waals surface area contributed by atoms with Crippen molar-refractivity contribution in [2.24, 2.45) is 5.92 Å². The monoisotopic (exact) mass is 290 g/mol. The summed E-state index contributed by atoms with van der Waals surface area (Å²) in [6.45, 7) is 8.41. The Bertz CT molecular complexity index is 454. The third-order valence-corrected chi connectivity index (χ3v) is 4.00. The standard InChI is InChI=1S/C17H26N2O2/c1-3-18-13-14-9-11-19(12-10-14)17(20)15-7-5-6-8-16(15)21-4-2/h5-8,14,18H,3-4,9-13H2,1-2H3. The molecule has 1 aliphatic rings. The van der Waals surface area contributed by atoms with Gasteiger partial charge in [0.05, 0.1) is 12.2 Å². The maximum Gasteiger partial charge on any atom is 0.257 e. The maximum atomic E-state index is 12.6. The van der Waals surface area contributed by atoms with Gasteiger partial charge in [-0.1, -0.05) is 19.1 Å². The average molecular weight is 290 g/mol. The molecule has 1 saturated heterocycles. The number of nitrogens with zero attached hydrogens (tertiary/aromatic N) is 1. The largest absolute Gasteiger partial charge is 0.493 e. The molecule has 0 radical (unpaired) electrons. The van der Waals surface area contributed by atoms with Crippen LogP contribution in [0.2, 0.25) is 0 Å². The highest BCUT2D eigenvalue weighted by molar-refractivity contribution is 5.97. The summed E-state index contributed by atoms with van der Waals surface area (Å²) in [5.74, 6) is 1.48. The fourth-order valence-corrected chi connectivity index (χ4v) is 2.78. The zero-order valence-electron chi connectivity index (χ0n) is 13.1. The summed E-state index contributed by atoms with van der Waals surface area (Å²) in [6, 6.07) is 7.53. The van der Waals surface area contributed by atoms with Gasteiger partial charge in [-0.05, 0) is 50.9 Å². The lowest BCUT2D eigenvalue weighted by atomic mass is 9.96. The normalized spacial score (nSPS) is 16.0. The summed E-state index contributed by atoms with van der Waals surface area (Å²) in [5.41, 5.74) is 0.685. The van der Waals surface area contributed by atoms with Gasteiger partial charge >= 0.3 is 0 Å². The highest BCUT2D eigenvalue weighted by atomic mass is 16.5. The Kier molecular flexibility index (Phi) is 6.05. The van der Waals surface area contributed by atoms with E-state index in [1.807, 2.05) is 36.1 Å². The first kappa shape index (κ1) is 15.8.